The molecule has 0 radical (unpaired) electrons. The highest BCUT2D eigenvalue weighted by molar-refractivity contribution is 5.29. The van der Waals surface area contributed by atoms with Crippen LogP contribution in [0.4, 0.5) is 13.2 Å². The second-order valence-electron chi connectivity index (χ2n) is 5.42. The summed E-state index contributed by atoms with van der Waals surface area (Å²) in [4.78, 5) is 0. The van der Waals surface area contributed by atoms with Crippen molar-refractivity contribution in [2.45, 2.75) is 44.4 Å². The molecule has 2 nitrogen and oxygen atoms in total. The molecule has 2 atom stereocenters. The quantitative estimate of drug-likeness (QED) is 0.891. The van der Waals surface area contributed by atoms with Crippen molar-refractivity contribution in [2.75, 3.05) is 6.54 Å². The average Bonchev–Trinajstić information content (AvgIpc) is 2.44. The van der Waals surface area contributed by atoms with E-state index in [4.69, 9.17) is 5.73 Å². The molecule has 5 heteroatoms. The first kappa shape index (κ1) is 15.3. The molecule has 1 fully saturated rings. The molecule has 0 heterocycles. The van der Waals surface area contributed by atoms with Crippen molar-refractivity contribution < 1.29 is 13.2 Å². The zero-order chi connectivity index (χ0) is 14.6. The van der Waals surface area contributed by atoms with E-state index < -0.39 is 11.7 Å². The fraction of sp³-hybridized carbons (Fsp3) is 0.600. The number of halogens is 3. The van der Waals surface area contributed by atoms with Gasteiger partial charge in [0.05, 0.1) is 5.56 Å². The Labute approximate surface area is 117 Å². The van der Waals surface area contributed by atoms with E-state index >= 15 is 0 Å². The van der Waals surface area contributed by atoms with Gasteiger partial charge >= 0.3 is 6.18 Å². The zero-order valence-corrected chi connectivity index (χ0v) is 11.4. The normalized spacial score (nSPS) is 23.8. The maximum absolute atomic E-state index is 12.9. The Morgan fingerprint density at radius 3 is 2.55 bits per heavy atom. The van der Waals surface area contributed by atoms with Crippen LogP contribution in [0.25, 0.3) is 0 Å². The third-order valence-electron chi connectivity index (χ3n) is 4.09. The van der Waals surface area contributed by atoms with Gasteiger partial charge in [0.2, 0.25) is 0 Å². The summed E-state index contributed by atoms with van der Waals surface area (Å²) in [5.41, 5.74) is 5.50. The molecule has 0 aromatic heterocycles. The number of hydrogen-bond donors (Lipinski definition) is 2. The van der Waals surface area contributed by atoms with Crippen molar-refractivity contribution in [1.82, 2.24) is 5.32 Å². The number of alkyl halides is 3. The van der Waals surface area contributed by atoms with Crippen LogP contribution in [0.2, 0.25) is 0 Å². The van der Waals surface area contributed by atoms with Crippen molar-refractivity contribution in [3.05, 3.63) is 35.4 Å². The Balaban J connectivity index is 2.03. The largest absolute Gasteiger partial charge is 0.416 e. The predicted octanol–water partition coefficient (Wildman–Crippen LogP) is 3.31. The Morgan fingerprint density at radius 1 is 1.15 bits per heavy atom. The summed E-state index contributed by atoms with van der Waals surface area (Å²) in [5.74, 6) is 0.377. The number of rotatable bonds is 4. The molecule has 0 bridgehead atoms. The van der Waals surface area contributed by atoms with Crippen LogP contribution >= 0.6 is 0 Å². The highest BCUT2D eigenvalue weighted by Gasteiger charge is 2.33. The first-order valence-corrected chi connectivity index (χ1v) is 7.11. The maximum Gasteiger partial charge on any atom is 0.416 e. The van der Waals surface area contributed by atoms with Crippen LogP contribution in [-0.4, -0.2) is 12.6 Å². The molecule has 3 N–H and O–H groups in total. The molecule has 1 aliphatic carbocycles. The minimum Gasteiger partial charge on any atom is -0.330 e. The SMILES string of the molecule is NCC1CCCCC1NCc1ccccc1C(F)(F)F. The van der Waals surface area contributed by atoms with Gasteiger partial charge in [-0.3, -0.25) is 0 Å². The molecule has 2 unspecified atom stereocenters. The second kappa shape index (κ2) is 6.59. The van der Waals surface area contributed by atoms with Crippen LogP contribution < -0.4 is 11.1 Å². The van der Waals surface area contributed by atoms with E-state index in [0.29, 0.717) is 18.0 Å². The lowest BCUT2D eigenvalue weighted by Crippen LogP contribution is -2.41. The third-order valence-corrected chi connectivity index (χ3v) is 4.09. The molecule has 1 aromatic rings. The van der Waals surface area contributed by atoms with Gasteiger partial charge in [0.15, 0.2) is 0 Å². The molecule has 1 saturated carbocycles. The van der Waals surface area contributed by atoms with Gasteiger partial charge in [-0.15, -0.1) is 0 Å². The zero-order valence-electron chi connectivity index (χ0n) is 11.4. The van der Waals surface area contributed by atoms with Gasteiger partial charge in [0, 0.05) is 12.6 Å². The van der Waals surface area contributed by atoms with Gasteiger partial charge in [-0.2, -0.15) is 13.2 Å². The van der Waals surface area contributed by atoms with Crippen LogP contribution in [0, 0.1) is 5.92 Å². The summed E-state index contributed by atoms with van der Waals surface area (Å²) in [6, 6.07) is 5.98. The van der Waals surface area contributed by atoms with E-state index in [0.717, 1.165) is 25.3 Å². The van der Waals surface area contributed by atoms with Gasteiger partial charge in [-0.25, -0.2) is 0 Å². The predicted molar refractivity (Wildman–Crippen MR) is 73.1 cm³/mol. The van der Waals surface area contributed by atoms with Crippen molar-refractivity contribution in [3.8, 4) is 0 Å². The molecule has 0 spiro atoms. The lowest BCUT2D eigenvalue weighted by molar-refractivity contribution is -0.138. The summed E-state index contributed by atoms with van der Waals surface area (Å²) in [7, 11) is 0. The summed E-state index contributed by atoms with van der Waals surface area (Å²) in [6.07, 6.45) is 0.0531. The second-order valence-corrected chi connectivity index (χ2v) is 5.42. The van der Waals surface area contributed by atoms with Gasteiger partial charge < -0.3 is 11.1 Å². The summed E-state index contributed by atoms with van der Waals surface area (Å²) in [6.45, 7) is 0.843. The minimum absolute atomic E-state index is 0.232. The number of benzene rings is 1. The third kappa shape index (κ3) is 3.73. The van der Waals surface area contributed by atoms with Crippen molar-refractivity contribution in [2.24, 2.45) is 11.7 Å². The fourth-order valence-corrected chi connectivity index (χ4v) is 2.95. The molecule has 112 valence electrons. The van der Waals surface area contributed by atoms with E-state index in [1.54, 1.807) is 6.07 Å². The van der Waals surface area contributed by atoms with Crippen molar-refractivity contribution in [3.63, 3.8) is 0 Å². The van der Waals surface area contributed by atoms with Gasteiger partial charge in [-0.05, 0) is 36.9 Å². The summed E-state index contributed by atoms with van der Waals surface area (Å²) >= 11 is 0. The lowest BCUT2D eigenvalue weighted by Gasteiger charge is -2.31. The van der Waals surface area contributed by atoms with Crippen LogP contribution in [0.1, 0.15) is 36.8 Å². The Bertz CT molecular complexity index is 431. The first-order chi connectivity index (χ1) is 9.52. The van der Waals surface area contributed by atoms with E-state index in [9.17, 15) is 13.2 Å². The van der Waals surface area contributed by atoms with Crippen LogP contribution in [0.3, 0.4) is 0 Å². The van der Waals surface area contributed by atoms with Crippen LogP contribution in [0.5, 0.6) is 0 Å². The number of nitrogens with one attached hydrogen (secondary N) is 1. The minimum atomic E-state index is -4.29. The fourth-order valence-electron chi connectivity index (χ4n) is 2.95. The molecular formula is C15H21F3N2. The van der Waals surface area contributed by atoms with Crippen LogP contribution in [-0.2, 0) is 12.7 Å². The molecular weight excluding hydrogens is 265 g/mol. The van der Waals surface area contributed by atoms with E-state index in [1.165, 1.54) is 18.6 Å². The Morgan fingerprint density at radius 2 is 1.85 bits per heavy atom. The molecule has 20 heavy (non-hydrogen) atoms. The molecule has 1 aromatic carbocycles. The standard InChI is InChI=1S/C15H21F3N2/c16-15(17,18)13-7-3-1-6-12(13)10-20-14-8-4-2-5-11(14)9-19/h1,3,6-7,11,14,20H,2,4-5,8-10,19H2. The van der Waals surface area contributed by atoms with Crippen molar-refractivity contribution >= 4 is 0 Å². The number of nitrogens with two attached hydrogens (primary N) is 1. The summed E-state index contributed by atoms with van der Waals surface area (Å²) in [5, 5.41) is 3.27. The maximum atomic E-state index is 12.9. The highest BCUT2D eigenvalue weighted by atomic mass is 19.4. The molecule has 1 aliphatic rings. The molecule has 2 rings (SSSR count). The highest BCUT2D eigenvalue weighted by Crippen LogP contribution is 2.32. The monoisotopic (exact) mass is 286 g/mol. The molecule has 0 aliphatic heterocycles. The first-order valence-electron chi connectivity index (χ1n) is 7.11. The Kier molecular flexibility index (Phi) is 5.05. The van der Waals surface area contributed by atoms with E-state index in [2.05, 4.69) is 5.32 Å². The van der Waals surface area contributed by atoms with Crippen molar-refractivity contribution in [1.29, 1.82) is 0 Å². The Hall–Kier alpha value is -1.07. The molecule has 0 amide bonds. The smallest absolute Gasteiger partial charge is 0.330 e. The average molecular weight is 286 g/mol. The van der Waals surface area contributed by atoms with Gasteiger partial charge in [0.25, 0.3) is 0 Å². The van der Waals surface area contributed by atoms with Gasteiger partial charge in [-0.1, -0.05) is 31.0 Å². The summed E-state index contributed by atoms with van der Waals surface area (Å²) < 4.78 is 38.7. The van der Waals surface area contributed by atoms with E-state index in [-0.39, 0.29) is 12.6 Å². The molecule has 0 saturated heterocycles. The lowest BCUT2D eigenvalue weighted by atomic mass is 9.84. The topological polar surface area (TPSA) is 38.0 Å². The van der Waals surface area contributed by atoms with E-state index in [1.807, 2.05) is 0 Å². The number of hydrogen-bond acceptors (Lipinski definition) is 2. The van der Waals surface area contributed by atoms with Gasteiger partial charge in [0.1, 0.15) is 0 Å². The van der Waals surface area contributed by atoms with Crippen LogP contribution in [0.15, 0.2) is 24.3 Å².